The number of rotatable bonds is 2. The molecule has 2 unspecified atom stereocenters. The molecule has 2 aromatic carbocycles. The summed E-state index contributed by atoms with van der Waals surface area (Å²) in [7, 11) is 0. The molecule has 2 atom stereocenters. The van der Waals surface area contributed by atoms with E-state index in [1.807, 2.05) is 44.2 Å². The predicted molar refractivity (Wildman–Crippen MR) is 116 cm³/mol. The van der Waals surface area contributed by atoms with Gasteiger partial charge < -0.3 is 15.0 Å². The standard InChI is InChI=1S/C24H22N4O3/c1-15-13-28(14-16(2)31-15)24(30)20(12-25)21-18-10-6-7-11-19(18)22(26-21)27-23(29)17-8-4-3-5-9-17/h3-11,15-16H,13-14H2,1-2H3,(H,26,27,29)/b21-20-. The number of ether oxygens (including phenoxy) is 1. The predicted octanol–water partition coefficient (Wildman–Crippen LogP) is 2.75. The van der Waals surface area contributed by atoms with E-state index in [2.05, 4.69) is 10.3 Å². The van der Waals surface area contributed by atoms with Crippen LogP contribution in [0.1, 0.15) is 35.3 Å². The van der Waals surface area contributed by atoms with Crippen LogP contribution in [0.15, 0.2) is 65.2 Å². The number of aliphatic imine (C=N–C) groups is 1. The van der Waals surface area contributed by atoms with Gasteiger partial charge in [0.2, 0.25) is 0 Å². The third-order valence-corrected chi connectivity index (χ3v) is 5.20. The molecule has 7 nitrogen and oxygen atoms in total. The molecule has 0 bridgehead atoms. The van der Waals surface area contributed by atoms with Crippen molar-refractivity contribution in [2.24, 2.45) is 4.99 Å². The summed E-state index contributed by atoms with van der Waals surface area (Å²) >= 11 is 0. The fourth-order valence-corrected chi connectivity index (χ4v) is 3.89. The molecule has 2 amide bonds. The van der Waals surface area contributed by atoms with E-state index in [0.29, 0.717) is 35.6 Å². The quantitative estimate of drug-likeness (QED) is 0.604. The molecule has 0 saturated carbocycles. The smallest absolute Gasteiger partial charge is 0.266 e. The third kappa shape index (κ3) is 4.11. The molecule has 2 aliphatic rings. The van der Waals surface area contributed by atoms with Gasteiger partial charge in [0.1, 0.15) is 17.5 Å². The molecule has 4 rings (SSSR count). The molecular formula is C24H22N4O3. The average molecular weight is 414 g/mol. The Morgan fingerprint density at radius 3 is 2.29 bits per heavy atom. The van der Waals surface area contributed by atoms with Crippen molar-refractivity contribution in [1.29, 1.82) is 5.26 Å². The highest BCUT2D eigenvalue weighted by Crippen LogP contribution is 2.31. The van der Waals surface area contributed by atoms with Crippen LogP contribution in [0.5, 0.6) is 0 Å². The van der Waals surface area contributed by atoms with Crippen molar-refractivity contribution in [1.82, 2.24) is 10.2 Å². The topological polar surface area (TPSA) is 94.8 Å². The minimum atomic E-state index is -0.381. The third-order valence-electron chi connectivity index (χ3n) is 5.20. The molecule has 0 radical (unpaired) electrons. The van der Waals surface area contributed by atoms with E-state index in [-0.39, 0.29) is 35.3 Å². The summed E-state index contributed by atoms with van der Waals surface area (Å²) in [6.07, 6.45) is -0.226. The summed E-state index contributed by atoms with van der Waals surface area (Å²) in [6, 6.07) is 18.1. The highest BCUT2D eigenvalue weighted by molar-refractivity contribution is 6.20. The second kappa shape index (κ2) is 8.54. The number of nitriles is 1. The van der Waals surface area contributed by atoms with E-state index in [1.54, 1.807) is 35.2 Å². The SMILES string of the molecule is CC1CN(C(=O)/C(C#N)=C2\N=C(NC(=O)c3ccccc3)c3ccccc32)CC(C)O1. The number of hydrogen-bond acceptors (Lipinski definition) is 5. The summed E-state index contributed by atoms with van der Waals surface area (Å²) in [4.78, 5) is 32.0. The summed E-state index contributed by atoms with van der Waals surface area (Å²) in [5.74, 6) is -0.367. The van der Waals surface area contributed by atoms with Gasteiger partial charge in [-0.25, -0.2) is 4.99 Å². The molecular weight excluding hydrogens is 392 g/mol. The summed E-state index contributed by atoms with van der Waals surface area (Å²) in [6.45, 7) is 4.61. The molecule has 0 aromatic heterocycles. The summed E-state index contributed by atoms with van der Waals surface area (Å²) in [5, 5.41) is 12.7. The molecule has 1 saturated heterocycles. The van der Waals surface area contributed by atoms with Crippen molar-refractivity contribution >= 4 is 23.3 Å². The zero-order chi connectivity index (χ0) is 22.0. The largest absolute Gasteiger partial charge is 0.372 e. The Hall–Kier alpha value is -3.76. The van der Waals surface area contributed by atoms with Crippen molar-refractivity contribution in [3.05, 3.63) is 76.9 Å². The molecule has 0 spiro atoms. The first kappa shape index (κ1) is 20.5. The monoisotopic (exact) mass is 414 g/mol. The van der Waals surface area contributed by atoms with Crippen LogP contribution in [-0.4, -0.2) is 47.8 Å². The van der Waals surface area contributed by atoms with Gasteiger partial charge in [0.25, 0.3) is 11.8 Å². The van der Waals surface area contributed by atoms with Gasteiger partial charge in [0.05, 0.1) is 17.9 Å². The Morgan fingerprint density at radius 1 is 1.03 bits per heavy atom. The molecule has 2 heterocycles. The number of nitrogens with zero attached hydrogens (tertiary/aromatic N) is 3. The highest BCUT2D eigenvalue weighted by Gasteiger charge is 2.32. The van der Waals surface area contributed by atoms with E-state index in [1.165, 1.54) is 0 Å². The van der Waals surface area contributed by atoms with Crippen molar-refractivity contribution < 1.29 is 14.3 Å². The van der Waals surface area contributed by atoms with Crippen molar-refractivity contribution in [3.8, 4) is 6.07 Å². The Kier molecular flexibility index (Phi) is 5.65. The summed E-state index contributed by atoms with van der Waals surface area (Å²) in [5.41, 5.74) is 2.04. The average Bonchev–Trinajstić information content (AvgIpc) is 3.12. The number of amides is 2. The van der Waals surface area contributed by atoms with Crippen LogP contribution in [0.25, 0.3) is 5.70 Å². The van der Waals surface area contributed by atoms with Crippen molar-refractivity contribution in [2.75, 3.05) is 13.1 Å². The van der Waals surface area contributed by atoms with Crippen LogP contribution in [0.2, 0.25) is 0 Å². The van der Waals surface area contributed by atoms with Gasteiger partial charge in [0.15, 0.2) is 0 Å². The van der Waals surface area contributed by atoms with Gasteiger partial charge in [0, 0.05) is 29.8 Å². The number of benzene rings is 2. The first-order valence-corrected chi connectivity index (χ1v) is 10.1. The van der Waals surface area contributed by atoms with E-state index >= 15 is 0 Å². The molecule has 2 aromatic rings. The van der Waals surface area contributed by atoms with Crippen LogP contribution < -0.4 is 5.32 Å². The molecule has 0 aliphatic carbocycles. The highest BCUT2D eigenvalue weighted by atomic mass is 16.5. The first-order valence-electron chi connectivity index (χ1n) is 10.1. The van der Waals surface area contributed by atoms with Crippen LogP contribution >= 0.6 is 0 Å². The van der Waals surface area contributed by atoms with E-state index in [9.17, 15) is 14.9 Å². The fourth-order valence-electron chi connectivity index (χ4n) is 3.89. The molecule has 1 fully saturated rings. The Bertz CT molecular complexity index is 1120. The number of carbonyl (C=O) groups excluding carboxylic acids is 2. The number of morpholine rings is 1. The molecule has 2 aliphatic heterocycles. The number of fused-ring (bicyclic) bond motifs is 1. The molecule has 7 heteroatoms. The molecule has 1 N–H and O–H groups in total. The lowest BCUT2D eigenvalue weighted by Gasteiger charge is -2.35. The van der Waals surface area contributed by atoms with Gasteiger partial charge in [-0.3, -0.25) is 9.59 Å². The molecule has 156 valence electrons. The minimum absolute atomic E-state index is 0.0438. The van der Waals surface area contributed by atoms with Gasteiger partial charge in [-0.05, 0) is 26.0 Å². The maximum absolute atomic E-state index is 13.2. The van der Waals surface area contributed by atoms with Crippen LogP contribution in [0.3, 0.4) is 0 Å². The van der Waals surface area contributed by atoms with Crippen LogP contribution in [0, 0.1) is 11.3 Å². The molecule has 31 heavy (non-hydrogen) atoms. The number of carbonyl (C=O) groups is 2. The Labute approximate surface area is 180 Å². The number of hydrogen-bond donors (Lipinski definition) is 1. The maximum atomic E-state index is 13.2. The maximum Gasteiger partial charge on any atom is 0.266 e. The van der Waals surface area contributed by atoms with Gasteiger partial charge in [-0.2, -0.15) is 5.26 Å². The Morgan fingerprint density at radius 2 is 1.65 bits per heavy atom. The summed E-state index contributed by atoms with van der Waals surface area (Å²) < 4.78 is 5.70. The van der Waals surface area contributed by atoms with E-state index < -0.39 is 0 Å². The zero-order valence-corrected chi connectivity index (χ0v) is 17.3. The first-order chi connectivity index (χ1) is 15.0. The van der Waals surface area contributed by atoms with Crippen molar-refractivity contribution in [2.45, 2.75) is 26.1 Å². The second-order valence-electron chi connectivity index (χ2n) is 7.63. The van der Waals surface area contributed by atoms with Crippen LogP contribution in [0.4, 0.5) is 0 Å². The van der Waals surface area contributed by atoms with Crippen molar-refractivity contribution in [3.63, 3.8) is 0 Å². The lowest BCUT2D eigenvalue weighted by Crippen LogP contribution is -2.48. The van der Waals surface area contributed by atoms with Gasteiger partial charge >= 0.3 is 0 Å². The van der Waals surface area contributed by atoms with Gasteiger partial charge in [-0.1, -0.05) is 42.5 Å². The van der Waals surface area contributed by atoms with Gasteiger partial charge in [-0.15, -0.1) is 0 Å². The fraction of sp³-hybridized carbons (Fsp3) is 0.250. The normalized spacial score (nSPS) is 21.6. The van der Waals surface area contributed by atoms with E-state index in [4.69, 9.17) is 4.74 Å². The Balaban J connectivity index is 1.70. The van der Waals surface area contributed by atoms with Crippen LogP contribution in [-0.2, 0) is 9.53 Å². The van der Waals surface area contributed by atoms with E-state index in [0.717, 1.165) is 0 Å². The second-order valence-corrected chi connectivity index (χ2v) is 7.63. The number of amidine groups is 1. The number of nitrogens with one attached hydrogen (secondary N) is 1. The minimum Gasteiger partial charge on any atom is -0.372 e. The zero-order valence-electron chi connectivity index (χ0n) is 17.3. The lowest BCUT2D eigenvalue weighted by molar-refractivity contribution is -0.138. The lowest BCUT2D eigenvalue weighted by atomic mass is 10.0.